The average Bonchev–Trinajstić information content (AvgIpc) is 3.38. The third-order valence-corrected chi connectivity index (χ3v) is 6.76. The molecule has 1 unspecified atom stereocenters. The van der Waals surface area contributed by atoms with Gasteiger partial charge in [0.25, 0.3) is 5.82 Å². The zero-order valence-electron chi connectivity index (χ0n) is 16.4. The van der Waals surface area contributed by atoms with Crippen LogP contribution in [0.25, 0.3) is 5.69 Å². The number of benzene rings is 1. The lowest BCUT2D eigenvalue weighted by atomic mass is 9.75. The molecule has 1 aliphatic carbocycles. The van der Waals surface area contributed by atoms with Gasteiger partial charge in [0, 0.05) is 19.0 Å². The van der Waals surface area contributed by atoms with Gasteiger partial charge in [0.1, 0.15) is 5.69 Å². The number of para-hydroxylation sites is 1. The maximum Gasteiger partial charge on any atom is 0.334 e. The molecule has 5 rings (SSSR count). The molecule has 140 valence electrons. The van der Waals surface area contributed by atoms with E-state index in [0.717, 1.165) is 29.8 Å². The lowest BCUT2D eigenvalue weighted by molar-refractivity contribution is -0.715. The van der Waals surface area contributed by atoms with Crippen LogP contribution < -0.4 is 9.30 Å². The third-order valence-electron chi connectivity index (χ3n) is 6.76. The summed E-state index contributed by atoms with van der Waals surface area (Å²) < 4.78 is 12.7. The van der Waals surface area contributed by atoms with Crippen molar-refractivity contribution in [2.24, 2.45) is 5.41 Å². The molecular formula is C22H27N4O+. The maximum absolute atomic E-state index is 6.18. The Morgan fingerprint density at radius 2 is 1.89 bits per heavy atom. The molecule has 0 bridgehead atoms. The number of hydrogen-bond donors (Lipinski definition) is 0. The van der Waals surface area contributed by atoms with Gasteiger partial charge in [0.05, 0.1) is 5.69 Å². The summed E-state index contributed by atoms with van der Waals surface area (Å²) in [6.07, 6.45) is 9.54. The van der Waals surface area contributed by atoms with Gasteiger partial charge in [-0.2, -0.15) is 14.1 Å². The monoisotopic (exact) mass is 363 g/mol. The number of fused-ring (bicyclic) bond motifs is 2. The normalized spacial score (nSPS) is 18.6. The van der Waals surface area contributed by atoms with Crippen molar-refractivity contribution in [2.75, 3.05) is 0 Å². The molecule has 0 spiro atoms. The average molecular weight is 363 g/mol. The molecule has 1 aromatic carbocycles. The Bertz CT molecular complexity index is 979. The summed E-state index contributed by atoms with van der Waals surface area (Å²) in [6, 6.07) is 11.1. The fourth-order valence-corrected chi connectivity index (χ4v) is 4.69. The van der Waals surface area contributed by atoms with Crippen LogP contribution in [0.15, 0.2) is 42.7 Å². The first-order valence-electron chi connectivity index (χ1n) is 9.97. The minimum Gasteiger partial charge on any atom is -0.386 e. The van der Waals surface area contributed by atoms with Crippen molar-refractivity contribution in [3.63, 3.8) is 0 Å². The highest BCUT2D eigenvalue weighted by Gasteiger charge is 2.38. The maximum atomic E-state index is 6.18. The van der Waals surface area contributed by atoms with E-state index in [1.165, 1.54) is 25.7 Å². The summed E-state index contributed by atoms with van der Waals surface area (Å²) in [5.74, 6) is 2.45. The van der Waals surface area contributed by atoms with E-state index in [-0.39, 0.29) is 0 Å². The van der Waals surface area contributed by atoms with Crippen LogP contribution >= 0.6 is 0 Å². The van der Waals surface area contributed by atoms with Crippen molar-refractivity contribution in [1.29, 1.82) is 0 Å². The van der Waals surface area contributed by atoms with Crippen LogP contribution in [0.5, 0.6) is 11.9 Å². The number of rotatable bonds is 3. The molecule has 2 aliphatic rings. The first-order valence-corrected chi connectivity index (χ1v) is 9.97. The first kappa shape index (κ1) is 16.6. The Labute approximate surface area is 160 Å². The van der Waals surface area contributed by atoms with E-state index in [2.05, 4.69) is 71.1 Å². The summed E-state index contributed by atoms with van der Waals surface area (Å²) in [5, 5.41) is 0. The van der Waals surface area contributed by atoms with Gasteiger partial charge < -0.3 is 4.74 Å². The van der Waals surface area contributed by atoms with Gasteiger partial charge in [-0.05, 0) is 30.4 Å². The Balaban J connectivity index is 1.46. The lowest BCUT2D eigenvalue weighted by Crippen LogP contribution is -2.43. The molecule has 0 radical (unpaired) electrons. The molecule has 1 atom stereocenters. The fourth-order valence-electron chi connectivity index (χ4n) is 4.69. The molecule has 0 amide bonds. The van der Waals surface area contributed by atoms with Crippen molar-refractivity contribution in [2.45, 2.75) is 59.0 Å². The number of hydrogen-bond acceptors (Lipinski definition) is 2. The van der Waals surface area contributed by atoms with Crippen molar-refractivity contribution in [1.82, 2.24) is 14.1 Å². The molecular weight excluding hydrogens is 336 g/mol. The fraction of sp³-hybridized carbons (Fsp3) is 0.455. The van der Waals surface area contributed by atoms with E-state index in [9.17, 15) is 0 Å². The largest absolute Gasteiger partial charge is 0.386 e. The van der Waals surface area contributed by atoms with Crippen LogP contribution in [-0.2, 0) is 6.67 Å². The smallest absolute Gasteiger partial charge is 0.334 e. The Hall–Kier alpha value is -2.56. The van der Waals surface area contributed by atoms with Gasteiger partial charge in [0.15, 0.2) is 12.9 Å². The minimum atomic E-state index is 0.367. The Morgan fingerprint density at radius 3 is 2.63 bits per heavy atom. The van der Waals surface area contributed by atoms with Gasteiger partial charge in [-0.15, -0.1) is 0 Å². The van der Waals surface area contributed by atoms with Crippen LogP contribution in [-0.4, -0.2) is 14.1 Å². The van der Waals surface area contributed by atoms with Crippen molar-refractivity contribution >= 4 is 0 Å². The molecule has 3 heterocycles. The SMILES string of the molecule is Cc1n(-c2ccccc2)cc2[n+]1Cn1cc(C(C)C3(C)CCCC3)nc1O2. The van der Waals surface area contributed by atoms with Crippen molar-refractivity contribution in [3.05, 3.63) is 54.2 Å². The predicted molar refractivity (Wildman–Crippen MR) is 103 cm³/mol. The Morgan fingerprint density at radius 1 is 1.15 bits per heavy atom. The van der Waals surface area contributed by atoms with Crippen LogP contribution in [0.2, 0.25) is 0 Å². The van der Waals surface area contributed by atoms with Crippen LogP contribution in [0.4, 0.5) is 0 Å². The van der Waals surface area contributed by atoms with E-state index in [1.807, 2.05) is 6.07 Å². The quantitative estimate of drug-likeness (QED) is 0.500. The second-order valence-corrected chi connectivity index (χ2v) is 8.39. The zero-order valence-corrected chi connectivity index (χ0v) is 16.4. The van der Waals surface area contributed by atoms with E-state index >= 15 is 0 Å². The summed E-state index contributed by atoms with van der Waals surface area (Å²) in [7, 11) is 0. The predicted octanol–water partition coefficient (Wildman–Crippen LogP) is 4.57. The third kappa shape index (κ3) is 2.59. The molecule has 1 saturated carbocycles. The van der Waals surface area contributed by atoms with Gasteiger partial charge in [-0.1, -0.05) is 44.9 Å². The summed E-state index contributed by atoms with van der Waals surface area (Å²) in [5.41, 5.74) is 2.67. The highest BCUT2D eigenvalue weighted by atomic mass is 16.5. The molecule has 0 saturated heterocycles. The highest BCUT2D eigenvalue weighted by Crippen LogP contribution is 2.48. The molecule has 1 fully saturated rings. The number of ether oxygens (including phenoxy) is 1. The van der Waals surface area contributed by atoms with Gasteiger partial charge in [-0.3, -0.25) is 4.57 Å². The van der Waals surface area contributed by atoms with Crippen LogP contribution in [0, 0.1) is 12.3 Å². The molecule has 5 nitrogen and oxygen atoms in total. The molecule has 0 N–H and O–H groups in total. The van der Waals surface area contributed by atoms with Gasteiger partial charge >= 0.3 is 11.9 Å². The van der Waals surface area contributed by atoms with E-state index in [1.54, 1.807) is 0 Å². The molecule has 5 heteroatoms. The van der Waals surface area contributed by atoms with E-state index < -0.39 is 0 Å². The highest BCUT2D eigenvalue weighted by molar-refractivity contribution is 5.33. The van der Waals surface area contributed by atoms with Crippen LogP contribution in [0.3, 0.4) is 0 Å². The van der Waals surface area contributed by atoms with Crippen LogP contribution in [0.1, 0.15) is 57.0 Å². The first-order chi connectivity index (χ1) is 13.0. The number of aromatic nitrogens is 4. The van der Waals surface area contributed by atoms with E-state index in [0.29, 0.717) is 17.3 Å². The lowest BCUT2D eigenvalue weighted by Gasteiger charge is -2.29. The molecule has 1 aliphatic heterocycles. The second kappa shape index (κ2) is 5.98. The number of nitrogens with zero attached hydrogens (tertiary/aromatic N) is 4. The molecule has 3 aromatic rings. The van der Waals surface area contributed by atoms with Gasteiger partial charge in [-0.25, -0.2) is 0 Å². The summed E-state index contributed by atoms with van der Waals surface area (Å²) in [6.45, 7) is 7.62. The molecule has 2 aromatic heterocycles. The zero-order chi connectivity index (χ0) is 18.6. The van der Waals surface area contributed by atoms with Gasteiger partial charge in [0.2, 0.25) is 0 Å². The second-order valence-electron chi connectivity index (χ2n) is 8.39. The molecule has 27 heavy (non-hydrogen) atoms. The minimum absolute atomic E-state index is 0.367. The van der Waals surface area contributed by atoms with Crippen molar-refractivity contribution < 1.29 is 9.30 Å². The van der Waals surface area contributed by atoms with E-state index in [4.69, 9.17) is 9.72 Å². The standard InChI is InChI=1S/C22H27N4O/c1-16(22(3)11-7-8-12-22)19-13-24-15-26-17(2)25(18-9-5-4-6-10-18)14-20(26)27-21(24)23-19/h4-6,9-10,13-14,16H,7-8,11-12,15H2,1-3H3/q+1. The number of imidazole rings is 2. The Kier molecular flexibility index (Phi) is 3.67. The van der Waals surface area contributed by atoms with Crippen molar-refractivity contribution in [3.8, 4) is 17.6 Å². The summed E-state index contributed by atoms with van der Waals surface area (Å²) in [4.78, 5) is 4.87. The topological polar surface area (TPSA) is 35.9 Å². The summed E-state index contributed by atoms with van der Waals surface area (Å²) >= 11 is 0.